The van der Waals surface area contributed by atoms with Crippen LogP contribution in [0.5, 0.6) is 5.75 Å². The number of carbonyl (C=O) groups excluding carboxylic acids is 1. The van der Waals surface area contributed by atoms with Crippen LogP contribution in [-0.4, -0.2) is 23.7 Å². The highest BCUT2D eigenvalue weighted by Gasteiger charge is 2.07. The normalized spacial score (nSPS) is 11.1. The van der Waals surface area contributed by atoms with Gasteiger partial charge in [-0.2, -0.15) is 5.10 Å². The van der Waals surface area contributed by atoms with Crippen molar-refractivity contribution < 1.29 is 9.53 Å². The predicted octanol–water partition coefficient (Wildman–Crippen LogP) is 3.43. The van der Waals surface area contributed by atoms with Gasteiger partial charge in [0.2, 0.25) is 0 Å². The van der Waals surface area contributed by atoms with E-state index in [0.717, 1.165) is 10.2 Å². The molecule has 2 aromatic rings. The monoisotopic (exact) mass is 363 g/mol. The molecule has 0 atom stereocenters. The van der Waals surface area contributed by atoms with E-state index >= 15 is 0 Å². The minimum Gasteiger partial charge on any atom is -0.483 e. The van der Waals surface area contributed by atoms with Crippen LogP contribution in [0.3, 0.4) is 0 Å². The first-order chi connectivity index (χ1) is 10.6. The van der Waals surface area contributed by atoms with E-state index in [2.05, 4.69) is 45.3 Å². The molecular formula is C16H18BrN3O2. The van der Waals surface area contributed by atoms with Crippen LogP contribution in [0.2, 0.25) is 0 Å². The maximum atomic E-state index is 11.7. The van der Waals surface area contributed by atoms with Gasteiger partial charge >= 0.3 is 0 Å². The van der Waals surface area contributed by atoms with Gasteiger partial charge in [-0.3, -0.25) is 4.79 Å². The number of hydrazone groups is 1. The highest BCUT2D eigenvalue weighted by atomic mass is 79.9. The van der Waals surface area contributed by atoms with Crippen LogP contribution < -0.4 is 10.2 Å². The lowest BCUT2D eigenvalue weighted by Crippen LogP contribution is -2.24. The number of amides is 1. The minimum absolute atomic E-state index is 0.0955. The summed E-state index contributed by atoms with van der Waals surface area (Å²) < 4.78 is 6.32. The highest BCUT2D eigenvalue weighted by Crippen LogP contribution is 2.28. The molecule has 2 N–H and O–H groups in total. The molecule has 0 aliphatic carbocycles. The summed E-state index contributed by atoms with van der Waals surface area (Å²) in [6, 6.07) is 9.55. The summed E-state index contributed by atoms with van der Waals surface area (Å²) in [5.74, 6) is 0.756. The molecule has 0 radical (unpaired) electrons. The molecule has 0 saturated heterocycles. The molecule has 6 heteroatoms. The standard InChI is InChI=1S/C16H18BrN3O2/c1-11(2)12-5-6-15(14(17)8-12)22-10-16(21)20-19-9-13-4-3-7-18-13/h3-9,11,18H,10H2,1-2H3,(H,20,21)/b19-9+. The number of nitrogens with zero attached hydrogens (tertiary/aromatic N) is 1. The number of aromatic amines is 1. The van der Waals surface area contributed by atoms with Crippen LogP contribution in [-0.2, 0) is 4.79 Å². The molecular weight excluding hydrogens is 346 g/mol. The quantitative estimate of drug-likeness (QED) is 0.609. The molecule has 0 aliphatic heterocycles. The zero-order chi connectivity index (χ0) is 15.9. The van der Waals surface area contributed by atoms with Crippen LogP contribution in [0.4, 0.5) is 0 Å². The minimum atomic E-state index is -0.317. The van der Waals surface area contributed by atoms with Crippen LogP contribution in [0.25, 0.3) is 0 Å². The number of H-pyrrole nitrogens is 1. The number of nitrogens with one attached hydrogen (secondary N) is 2. The number of carbonyl (C=O) groups is 1. The van der Waals surface area contributed by atoms with Gasteiger partial charge in [-0.1, -0.05) is 19.9 Å². The number of hydrogen-bond acceptors (Lipinski definition) is 3. The fourth-order valence-electron chi connectivity index (χ4n) is 1.77. The third-order valence-electron chi connectivity index (χ3n) is 3.00. The van der Waals surface area contributed by atoms with Crippen LogP contribution in [0.15, 0.2) is 46.1 Å². The molecule has 0 spiro atoms. The topological polar surface area (TPSA) is 66.5 Å². The number of ether oxygens (including phenoxy) is 1. The Balaban J connectivity index is 1.83. The summed E-state index contributed by atoms with van der Waals surface area (Å²) in [5, 5.41) is 3.84. The Hall–Kier alpha value is -2.08. The summed E-state index contributed by atoms with van der Waals surface area (Å²) in [6.07, 6.45) is 3.32. The molecule has 0 bridgehead atoms. The Morgan fingerprint density at radius 1 is 1.45 bits per heavy atom. The number of benzene rings is 1. The Morgan fingerprint density at radius 2 is 2.27 bits per heavy atom. The second-order valence-corrected chi connectivity index (χ2v) is 5.91. The van der Waals surface area contributed by atoms with E-state index in [1.807, 2.05) is 30.3 Å². The first-order valence-electron chi connectivity index (χ1n) is 6.94. The lowest BCUT2D eigenvalue weighted by atomic mass is 10.0. The van der Waals surface area contributed by atoms with Gasteiger partial charge in [-0.15, -0.1) is 0 Å². The maximum Gasteiger partial charge on any atom is 0.277 e. The first-order valence-corrected chi connectivity index (χ1v) is 7.73. The van der Waals surface area contributed by atoms with Gasteiger partial charge in [0.15, 0.2) is 6.61 Å². The van der Waals surface area contributed by atoms with Crippen molar-refractivity contribution in [3.05, 3.63) is 52.3 Å². The zero-order valence-corrected chi connectivity index (χ0v) is 14.1. The Morgan fingerprint density at radius 3 is 2.91 bits per heavy atom. The molecule has 5 nitrogen and oxygen atoms in total. The summed E-state index contributed by atoms with van der Waals surface area (Å²) in [7, 11) is 0. The first kappa shape index (κ1) is 16.3. The summed E-state index contributed by atoms with van der Waals surface area (Å²) in [5.41, 5.74) is 4.43. The molecule has 0 saturated carbocycles. The smallest absolute Gasteiger partial charge is 0.277 e. The number of hydrogen-bond donors (Lipinski definition) is 2. The fraction of sp³-hybridized carbons (Fsp3) is 0.250. The van der Waals surface area contributed by atoms with Crippen molar-refractivity contribution in [1.29, 1.82) is 0 Å². The predicted molar refractivity (Wildman–Crippen MR) is 90.3 cm³/mol. The zero-order valence-electron chi connectivity index (χ0n) is 12.5. The van der Waals surface area contributed by atoms with Crippen molar-refractivity contribution in [2.45, 2.75) is 19.8 Å². The van der Waals surface area contributed by atoms with Crippen molar-refractivity contribution in [3.8, 4) is 5.75 Å². The van der Waals surface area contributed by atoms with E-state index in [9.17, 15) is 4.79 Å². The average Bonchev–Trinajstić information content (AvgIpc) is 2.99. The lowest BCUT2D eigenvalue weighted by Gasteiger charge is -2.10. The van der Waals surface area contributed by atoms with Gasteiger partial charge in [0, 0.05) is 6.20 Å². The lowest BCUT2D eigenvalue weighted by molar-refractivity contribution is -0.123. The van der Waals surface area contributed by atoms with Gasteiger partial charge in [-0.05, 0) is 51.7 Å². The fourth-order valence-corrected chi connectivity index (χ4v) is 2.28. The van der Waals surface area contributed by atoms with Crippen molar-refractivity contribution in [2.75, 3.05) is 6.61 Å². The van der Waals surface area contributed by atoms with Crippen LogP contribution in [0, 0.1) is 0 Å². The van der Waals surface area contributed by atoms with Crippen molar-refractivity contribution in [3.63, 3.8) is 0 Å². The van der Waals surface area contributed by atoms with E-state index in [0.29, 0.717) is 11.7 Å². The third kappa shape index (κ3) is 4.73. The Labute approximate surface area is 137 Å². The number of halogens is 1. The van der Waals surface area contributed by atoms with E-state index in [4.69, 9.17) is 4.74 Å². The van der Waals surface area contributed by atoms with E-state index in [-0.39, 0.29) is 12.5 Å². The molecule has 0 fully saturated rings. The van der Waals surface area contributed by atoms with E-state index < -0.39 is 0 Å². The summed E-state index contributed by atoms with van der Waals surface area (Å²) in [4.78, 5) is 14.6. The maximum absolute atomic E-state index is 11.7. The average molecular weight is 364 g/mol. The molecule has 1 heterocycles. The molecule has 2 rings (SSSR count). The van der Waals surface area contributed by atoms with Crippen molar-refractivity contribution in [1.82, 2.24) is 10.4 Å². The van der Waals surface area contributed by atoms with Gasteiger partial charge in [-0.25, -0.2) is 5.43 Å². The Kier molecular flexibility index (Phi) is 5.77. The Bertz CT molecular complexity index is 651. The second-order valence-electron chi connectivity index (χ2n) is 5.05. The molecule has 0 unspecified atom stereocenters. The van der Waals surface area contributed by atoms with Gasteiger partial charge in [0.05, 0.1) is 16.4 Å². The third-order valence-corrected chi connectivity index (χ3v) is 3.62. The van der Waals surface area contributed by atoms with E-state index in [1.165, 1.54) is 11.8 Å². The molecule has 1 amide bonds. The van der Waals surface area contributed by atoms with Gasteiger partial charge in [0.25, 0.3) is 5.91 Å². The van der Waals surface area contributed by atoms with Crippen LogP contribution in [0.1, 0.15) is 31.0 Å². The number of rotatable bonds is 6. The molecule has 116 valence electrons. The molecule has 22 heavy (non-hydrogen) atoms. The van der Waals surface area contributed by atoms with Gasteiger partial charge < -0.3 is 9.72 Å². The van der Waals surface area contributed by atoms with E-state index in [1.54, 1.807) is 6.20 Å². The van der Waals surface area contributed by atoms with Crippen molar-refractivity contribution in [2.24, 2.45) is 5.10 Å². The molecule has 0 aliphatic rings. The number of aromatic nitrogens is 1. The molecule has 1 aromatic heterocycles. The highest BCUT2D eigenvalue weighted by molar-refractivity contribution is 9.10. The van der Waals surface area contributed by atoms with Gasteiger partial charge in [0.1, 0.15) is 5.75 Å². The summed E-state index contributed by atoms with van der Waals surface area (Å²) in [6.45, 7) is 4.15. The molecule has 1 aromatic carbocycles. The SMILES string of the molecule is CC(C)c1ccc(OCC(=O)N/N=C/c2ccc[nH]2)c(Br)c1. The largest absolute Gasteiger partial charge is 0.483 e. The van der Waals surface area contributed by atoms with Crippen molar-refractivity contribution >= 4 is 28.1 Å². The van der Waals surface area contributed by atoms with Crippen LogP contribution >= 0.6 is 15.9 Å². The summed E-state index contributed by atoms with van der Waals surface area (Å²) >= 11 is 3.45. The second kappa shape index (κ2) is 7.79.